The second-order valence-corrected chi connectivity index (χ2v) is 14.5. The van der Waals surface area contributed by atoms with Crippen molar-refractivity contribution >= 4 is 11.8 Å². The fourth-order valence-corrected chi connectivity index (χ4v) is 9.63. The maximum Gasteiger partial charge on any atom is 0.306 e. The Kier molecular flexibility index (Phi) is 11.2. The number of Topliss-reactive ketones (excluding diaryl/α,β-unsaturated/α-hetero) is 1. The molecule has 4 saturated carbocycles. The molecule has 0 radical (unpaired) electrons. The molecular formula is C35H60O3. The van der Waals surface area contributed by atoms with Crippen LogP contribution in [0.25, 0.3) is 0 Å². The summed E-state index contributed by atoms with van der Waals surface area (Å²) < 4.78 is 6.04. The first-order valence-electron chi connectivity index (χ1n) is 17.1. The van der Waals surface area contributed by atoms with Crippen molar-refractivity contribution in [3.8, 4) is 0 Å². The first-order valence-corrected chi connectivity index (χ1v) is 17.1. The van der Waals surface area contributed by atoms with Crippen LogP contribution in [0.5, 0.6) is 0 Å². The lowest BCUT2D eigenvalue weighted by Crippen LogP contribution is -2.54. The van der Waals surface area contributed by atoms with Crippen LogP contribution in [0.2, 0.25) is 0 Å². The zero-order valence-corrected chi connectivity index (χ0v) is 25.4. The molecule has 0 amide bonds. The number of hydrogen-bond donors (Lipinski definition) is 0. The van der Waals surface area contributed by atoms with E-state index in [4.69, 9.17) is 4.74 Å². The van der Waals surface area contributed by atoms with E-state index < -0.39 is 0 Å². The highest BCUT2D eigenvalue weighted by Crippen LogP contribution is 2.65. The summed E-state index contributed by atoms with van der Waals surface area (Å²) in [5.74, 6) is 3.43. The number of ketones is 1. The van der Waals surface area contributed by atoms with E-state index in [1.165, 1.54) is 103 Å². The summed E-state index contributed by atoms with van der Waals surface area (Å²) in [5.41, 5.74) is 0.360. The van der Waals surface area contributed by atoms with Crippen molar-refractivity contribution in [3.63, 3.8) is 0 Å². The van der Waals surface area contributed by atoms with Gasteiger partial charge in [-0.3, -0.25) is 9.59 Å². The molecule has 0 aromatic carbocycles. The quantitative estimate of drug-likeness (QED) is 0.157. The Morgan fingerprint density at radius 2 is 1.39 bits per heavy atom. The van der Waals surface area contributed by atoms with E-state index in [1.807, 2.05) is 0 Å². The predicted molar refractivity (Wildman–Crippen MR) is 157 cm³/mol. The van der Waals surface area contributed by atoms with Gasteiger partial charge in [-0.1, -0.05) is 97.8 Å². The van der Waals surface area contributed by atoms with Crippen molar-refractivity contribution in [3.05, 3.63) is 0 Å². The average Bonchev–Trinajstić information content (AvgIpc) is 3.21. The van der Waals surface area contributed by atoms with E-state index in [-0.39, 0.29) is 17.5 Å². The molecule has 0 N–H and O–H groups in total. The molecule has 0 saturated heterocycles. The molecule has 4 rings (SSSR count). The molecule has 0 spiro atoms. The van der Waals surface area contributed by atoms with Gasteiger partial charge in [-0.15, -0.1) is 0 Å². The lowest BCUT2D eigenvalue weighted by molar-refractivity contribution is -0.162. The number of unbranched alkanes of at least 4 members (excludes halogenated alkanes) is 12. The summed E-state index contributed by atoms with van der Waals surface area (Å²) in [6, 6.07) is 0. The Balaban J connectivity index is 1.07. The molecule has 7 atom stereocenters. The fourth-order valence-electron chi connectivity index (χ4n) is 9.63. The predicted octanol–water partition coefficient (Wildman–Crippen LogP) is 9.99. The summed E-state index contributed by atoms with van der Waals surface area (Å²) in [4.78, 5) is 25.3. The molecule has 4 aliphatic carbocycles. The van der Waals surface area contributed by atoms with Crippen LogP contribution in [0.15, 0.2) is 0 Å². The van der Waals surface area contributed by atoms with Gasteiger partial charge in [0.15, 0.2) is 0 Å². The molecule has 4 fully saturated rings. The third-order valence-corrected chi connectivity index (χ3v) is 12.1. The van der Waals surface area contributed by atoms with Crippen molar-refractivity contribution in [1.29, 1.82) is 0 Å². The Morgan fingerprint density at radius 1 is 0.763 bits per heavy atom. The molecule has 1 unspecified atom stereocenters. The average molecular weight is 529 g/mol. The summed E-state index contributed by atoms with van der Waals surface area (Å²) in [5, 5.41) is 0. The molecule has 0 bridgehead atoms. The van der Waals surface area contributed by atoms with E-state index in [2.05, 4.69) is 20.8 Å². The standard InChI is InChI=1S/C35H60O3/c1-4-5-6-7-8-9-10-11-12-13-14-15-16-17-33(37)38-28-22-24-34(2)27(26-28)18-19-29-30-20-21-32(36)35(30,3)25-23-31(29)34/h27-31H,4-26H2,1-3H3/t27?,28-,29+,30+,31+,34+,35+/m1/s1. The zero-order chi connectivity index (χ0) is 27.0. The van der Waals surface area contributed by atoms with Gasteiger partial charge in [-0.2, -0.15) is 0 Å². The van der Waals surface area contributed by atoms with Crippen molar-refractivity contribution in [1.82, 2.24) is 0 Å². The molecule has 0 heterocycles. The van der Waals surface area contributed by atoms with Crippen LogP contribution in [0, 0.1) is 34.5 Å². The summed E-state index contributed by atoms with van der Waals surface area (Å²) >= 11 is 0. The second kappa shape index (κ2) is 14.2. The van der Waals surface area contributed by atoms with Gasteiger partial charge in [-0.05, 0) is 86.9 Å². The van der Waals surface area contributed by atoms with Gasteiger partial charge in [0.1, 0.15) is 11.9 Å². The Morgan fingerprint density at radius 3 is 2.05 bits per heavy atom. The van der Waals surface area contributed by atoms with Gasteiger partial charge in [0.05, 0.1) is 0 Å². The Bertz CT molecular complexity index is 760. The van der Waals surface area contributed by atoms with E-state index in [1.54, 1.807) is 0 Å². The largest absolute Gasteiger partial charge is 0.462 e. The molecule has 4 aliphatic rings. The van der Waals surface area contributed by atoms with Crippen LogP contribution in [0.3, 0.4) is 0 Å². The zero-order valence-electron chi connectivity index (χ0n) is 25.4. The monoisotopic (exact) mass is 528 g/mol. The van der Waals surface area contributed by atoms with E-state index in [0.29, 0.717) is 29.5 Å². The van der Waals surface area contributed by atoms with E-state index >= 15 is 0 Å². The van der Waals surface area contributed by atoms with Crippen LogP contribution in [-0.2, 0) is 14.3 Å². The highest BCUT2D eigenvalue weighted by atomic mass is 16.5. The Labute approximate surface area is 235 Å². The number of hydrogen-bond acceptors (Lipinski definition) is 3. The topological polar surface area (TPSA) is 43.4 Å². The summed E-state index contributed by atoms with van der Waals surface area (Å²) in [6.07, 6.45) is 28.3. The number of rotatable bonds is 15. The van der Waals surface area contributed by atoms with Crippen LogP contribution in [0.4, 0.5) is 0 Å². The van der Waals surface area contributed by atoms with Gasteiger partial charge in [0.25, 0.3) is 0 Å². The van der Waals surface area contributed by atoms with E-state index in [9.17, 15) is 9.59 Å². The first-order chi connectivity index (χ1) is 18.4. The summed E-state index contributed by atoms with van der Waals surface area (Å²) in [7, 11) is 0. The van der Waals surface area contributed by atoms with Crippen LogP contribution in [0.1, 0.15) is 168 Å². The maximum atomic E-state index is 12.7. The molecule has 0 aromatic rings. The lowest BCUT2D eigenvalue weighted by Gasteiger charge is -2.60. The number of carbonyl (C=O) groups is 2. The van der Waals surface area contributed by atoms with Gasteiger partial charge < -0.3 is 4.74 Å². The van der Waals surface area contributed by atoms with Crippen molar-refractivity contribution in [2.75, 3.05) is 0 Å². The van der Waals surface area contributed by atoms with E-state index in [0.717, 1.165) is 50.4 Å². The lowest BCUT2D eigenvalue weighted by atomic mass is 9.45. The molecule has 3 nitrogen and oxygen atoms in total. The maximum absolute atomic E-state index is 12.7. The molecule has 218 valence electrons. The van der Waals surface area contributed by atoms with Gasteiger partial charge >= 0.3 is 5.97 Å². The number of esters is 1. The third kappa shape index (κ3) is 7.06. The van der Waals surface area contributed by atoms with Gasteiger partial charge in [-0.25, -0.2) is 0 Å². The summed E-state index contributed by atoms with van der Waals surface area (Å²) in [6.45, 7) is 7.12. The smallest absolute Gasteiger partial charge is 0.306 e. The number of carbonyl (C=O) groups excluding carboxylic acids is 2. The third-order valence-electron chi connectivity index (χ3n) is 12.1. The molecule has 38 heavy (non-hydrogen) atoms. The fraction of sp³-hybridized carbons (Fsp3) is 0.943. The van der Waals surface area contributed by atoms with Crippen LogP contribution in [-0.4, -0.2) is 17.9 Å². The molecular weight excluding hydrogens is 468 g/mol. The number of fused-ring (bicyclic) bond motifs is 5. The minimum atomic E-state index is -0.0232. The van der Waals surface area contributed by atoms with Crippen LogP contribution >= 0.6 is 0 Å². The van der Waals surface area contributed by atoms with Crippen molar-refractivity contribution in [2.45, 2.75) is 175 Å². The van der Waals surface area contributed by atoms with Crippen molar-refractivity contribution < 1.29 is 14.3 Å². The SMILES string of the molecule is CCCCCCCCCCCCCCCC(=O)O[C@@H]1CC[C@@]2(C)C(CC[C@@H]3[C@@H]2CC[C@]2(C)C(=O)CC[C@@H]32)C1. The highest BCUT2D eigenvalue weighted by Gasteiger charge is 2.60. The minimum absolute atomic E-state index is 0.0232. The molecule has 0 aromatic heterocycles. The first kappa shape index (κ1) is 30.1. The molecule has 0 aliphatic heterocycles. The minimum Gasteiger partial charge on any atom is -0.462 e. The second-order valence-electron chi connectivity index (χ2n) is 14.5. The normalized spacial score (nSPS) is 36.4. The number of ether oxygens (including phenoxy) is 1. The van der Waals surface area contributed by atoms with Gasteiger partial charge in [0, 0.05) is 18.3 Å². The van der Waals surface area contributed by atoms with Gasteiger partial charge in [0.2, 0.25) is 0 Å². The highest BCUT2D eigenvalue weighted by molar-refractivity contribution is 5.87. The van der Waals surface area contributed by atoms with Crippen LogP contribution < -0.4 is 0 Å². The Hall–Kier alpha value is -0.860. The molecule has 3 heteroatoms. The van der Waals surface area contributed by atoms with Crippen molar-refractivity contribution in [2.24, 2.45) is 34.5 Å².